The van der Waals surface area contributed by atoms with Crippen LogP contribution in [0.2, 0.25) is 0 Å². The molecule has 0 radical (unpaired) electrons. The molecule has 0 saturated carbocycles. The predicted octanol–water partition coefficient (Wildman–Crippen LogP) is 0.719. The standard InChI is InChI=1S/C7H5N3O/c8-3-1-2-7-9-4-6(11)5-10-7/h1-2,4-5,11H. The first kappa shape index (κ1) is 7.22. The lowest BCUT2D eigenvalue weighted by Crippen LogP contribution is -1.83. The van der Waals surface area contributed by atoms with Crippen LogP contribution in [0.5, 0.6) is 5.75 Å². The summed E-state index contributed by atoms with van der Waals surface area (Å²) in [4.78, 5) is 7.43. The van der Waals surface area contributed by atoms with Gasteiger partial charge in [0.15, 0.2) is 11.6 Å². The summed E-state index contributed by atoms with van der Waals surface area (Å²) in [6.07, 6.45) is 5.26. The van der Waals surface area contributed by atoms with Gasteiger partial charge in [0.25, 0.3) is 0 Å². The van der Waals surface area contributed by atoms with E-state index in [4.69, 9.17) is 10.4 Å². The summed E-state index contributed by atoms with van der Waals surface area (Å²) in [5.41, 5.74) is 0. The van der Waals surface area contributed by atoms with E-state index < -0.39 is 0 Å². The van der Waals surface area contributed by atoms with Crippen molar-refractivity contribution in [3.63, 3.8) is 0 Å². The van der Waals surface area contributed by atoms with Gasteiger partial charge in [0.05, 0.1) is 18.5 Å². The average molecular weight is 147 g/mol. The minimum Gasteiger partial charge on any atom is -0.505 e. The molecule has 1 N–H and O–H groups in total. The highest BCUT2D eigenvalue weighted by Gasteiger charge is 1.89. The first-order chi connectivity index (χ1) is 5.33. The Bertz CT molecular complexity index is 296. The summed E-state index contributed by atoms with van der Waals surface area (Å²) in [6, 6.07) is 1.81. The van der Waals surface area contributed by atoms with Crippen LogP contribution in [0.15, 0.2) is 18.5 Å². The summed E-state index contributed by atoms with van der Waals surface area (Å²) in [5.74, 6) is 0.420. The van der Waals surface area contributed by atoms with Crippen LogP contribution >= 0.6 is 0 Å². The van der Waals surface area contributed by atoms with E-state index in [1.165, 1.54) is 24.5 Å². The van der Waals surface area contributed by atoms with Gasteiger partial charge in [-0.3, -0.25) is 0 Å². The van der Waals surface area contributed by atoms with Gasteiger partial charge in [0.1, 0.15) is 0 Å². The van der Waals surface area contributed by atoms with Gasteiger partial charge in [-0.25, -0.2) is 9.97 Å². The van der Waals surface area contributed by atoms with Gasteiger partial charge in [0.2, 0.25) is 0 Å². The highest BCUT2D eigenvalue weighted by atomic mass is 16.3. The molecular formula is C7H5N3O. The van der Waals surface area contributed by atoms with Crippen LogP contribution < -0.4 is 0 Å². The third-order valence-corrected chi connectivity index (χ3v) is 0.965. The molecule has 11 heavy (non-hydrogen) atoms. The number of allylic oxidation sites excluding steroid dienone is 1. The van der Waals surface area contributed by atoms with Crippen molar-refractivity contribution in [3.05, 3.63) is 24.3 Å². The Morgan fingerprint density at radius 1 is 1.45 bits per heavy atom. The SMILES string of the molecule is N#CC=Cc1ncc(O)cn1. The van der Waals surface area contributed by atoms with Crippen LogP contribution in [0.1, 0.15) is 5.82 Å². The third kappa shape index (κ3) is 2.06. The van der Waals surface area contributed by atoms with E-state index in [1.807, 2.05) is 6.07 Å². The van der Waals surface area contributed by atoms with Crippen LogP contribution in [0.25, 0.3) is 6.08 Å². The van der Waals surface area contributed by atoms with Crippen molar-refractivity contribution in [2.75, 3.05) is 0 Å². The molecule has 0 fully saturated rings. The van der Waals surface area contributed by atoms with E-state index in [1.54, 1.807) is 0 Å². The Kier molecular flexibility index (Phi) is 2.18. The fraction of sp³-hybridized carbons (Fsp3) is 0. The Balaban J connectivity index is 2.84. The Morgan fingerprint density at radius 2 is 2.09 bits per heavy atom. The average Bonchev–Trinajstić information content (AvgIpc) is 2.04. The summed E-state index contributed by atoms with van der Waals surface area (Å²) in [5, 5.41) is 16.9. The minimum atomic E-state index is 0.0131. The van der Waals surface area contributed by atoms with Crippen LogP contribution in [0.4, 0.5) is 0 Å². The van der Waals surface area contributed by atoms with Gasteiger partial charge in [0, 0.05) is 6.08 Å². The zero-order valence-electron chi connectivity index (χ0n) is 5.60. The molecule has 0 aliphatic carbocycles. The molecule has 0 aliphatic heterocycles. The first-order valence-electron chi connectivity index (χ1n) is 2.90. The molecule has 1 rings (SSSR count). The lowest BCUT2D eigenvalue weighted by molar-refractivity contribution is 0.469. The molecule has 0 aromatic carbocycles. The first-order valence-corrected chi connectivity index (χ1v) is 2.90. The van der Waals surface area contributed by atoms with Crippen LogP contribution in [-0.4, -0.2) is 15.1 Å². The number of aromatic nitrogens is 2. The van der Waals surface area contributed by atoms with Crippen molar-refractivity contribution >= 4 is 6.08 Å². The molecule has 1 heterocycles. The maximum Gasteiger partial charge on any atom is 0.152 e. The number of aromatic hydroxyl groups is 1. The second-order valence-corrected chi connectivity index (χ2v) is 1.76. The van der Waals surface area contributed by atoms with Crippen molar-refractivity contribution in [2.24, 2.45) is 0 Å². The van der Waals surface area contributed by atoms with Crippen LogP contribution in [0, 0.1) is 11.3 Å². The van der Waals surface area contributed by atoms with Gasteiger partial charge in [-0.1, -0.05) is 0 Å². The predicted molar refractivity (Wildman–Crippen MR) is 38.3 cm³/mol. The highest BCUT2D eigenvalue weighted by Crippen LogP contribution is 2.02. The smallest absolute Gasteiger partial charge is 0.152 e. The fourth-order valence-electron chi connectivity index (χ4n) is 0.529. The van der Waals surface area contributed by atoms with Crippen molar-refractivity contribution in [1.29, 1.82) is 5.26 Å². The molecule has 0 amide bonds. The second kappa shape index (κ2) is 3.32. The highest BCUT2D eigenvalue weighted by molar-refractivity contribution is 5.43. The molecular weight excluding hydrogens is 142 g/mol. The van der Waals surface area contributed by atoms with Crippen LogP contribution in [0.3, 0.4) is 0 Å². The van der Waals surface area contributed by atoms with Crippen LogP contribution in [-0.2, 0) is 0 Å². The van der Waals surface area contributed by atoms with E-state index >= 15 is 0 Å². The summed E-state index contributed by atoms with van der Waals surface area (Å²) < 4.78 is 0. The van der Waals surface area contributed by atoms with E-state index in [9.17, 15) is 0 Å². The van der Waals surface area contributed by atoms with Crippen molar-refractivity contribution in [1.82, 2.24) is 9.97 Å². The van der Waals surface area contributed by atoms with E-state index in [2.05, 4.69) is 9.97 Å². The molecule has 0 saturated heterocycles. The Hall–Kier alpha value is -1.89. The molecule has 1 aromatic heterocycles. The van der Waals surface area contributed by atoms with E-state index in [0.717, 1.165) is 0 Å². The molecule has 54 valence electrons. The largest absolute Gasteiger partial charge is 0.505 e. The quantitative estimate of drug-likeness (QED) is 0.594. The van der Waals surface area contributed by atoms with Gasteiger partial charge < -0.3 is 5.11 Å². The fourth-order valence-corrected chi connectivity index (χ4v) is 0.529. The molecule has 0 spiro atoms. The normalized spacial score (nSPS) is 9.73. The Labute approximate surface area is 63.5 Å². The van der Waals surface area contributed by atoms with Crippen molar-refractivity contribution in [3.8, 4) is 11.8 Å². The van der Waals surface area contributed by atoms with Gasteiger partial charge in [-0.05, 0) is 6.08 Å². The number of nitriles is 1. The molecule has 0 aliphatic rings. The lowest BCUT2D eigenvalue weighted by atomic mass is 10.5. The molecule has 0 atom stereocenters. The zero-order valence-corrected chi connectivity index (χ0v) is 5.60. The molecule has 4 heteroatoms. The number of hydrogen-bond acceptors (Lipinski definition) is 4. The number of hydrogen-bond donors (Lipinski definition) is 1. The van der Waals surface area contributed by atoms with Crippen molar-refractivity contribution < 1.29 is 5.11 Å². The second-order valence-electron chi connectivity index (χ2n) is 1.76. The number of rotatable bonds is 1. The molecule has 4 nitrogen and oxygen atoms in total. The van der Waals surface area contributed by atoms with Gasteiger partial charge >= 0.3 is 0 Å². The minimum absolute atomic E-state index is 0.0131. The van der Waals surface area contributed by atoms with E-state index in [-0.39, 0.29) is 5.75 Å². The molecule has 1 aromatic rings. The summed E-state index contributed by atoms with van der Waals surface area (Å²) in [6.45, 7) is 0. The zero-order chi connectivity index (χ0) is 8.10. The van der Waals surface area contributed by atoms with Crippen molar-refractivity contribution in [2.45, 2.75) is 0 Å². The van der Waals surface area contributed by atoms with Gasteiger partial charge in [-0.15, -0.1) is 0 Å². The van der Waals surface area contributed by atoms with E-state index in [0.29, 0.717) is 5.82 Å². The maximum atomic E-state index is 8.77. The monoisotopic (exact) mass is 147 g/mol. The molecule has 0 bridgehead atoms. The Morgan fingerprint density at radius 3 is 2.64 bits per heavy atom. The third-order valence-electron chi connectivity index (χ3n) is 0.965. The summed E-state index contributed by atoms with van der Waals surface area (Å²) in [7, 11) is 0. The topological polar surface area (TPSA) is 69.8 Å². The van der Waals surface area contributed by atoms with Gasteiger partial charge in [-0.2, -0.15) is 5.26 Å². The summed E-state index contributed by atoms with van der Waals surface area (Å²) >= 11 is 0. The lowest BCUT2D eigenvalue weighted by Gasteiger charge is -1.89. The maximum absolute atomic E-state index is 8.77. The number of nitrogens with zero attached hydrogens (tertiary/aromatic N) is 3. The molecule has 0 unspecified atom stereocenters.